The van der Waals surface area contributed by atoms with E-state index in [2.05, 4.69) is 83.8 Å². The minimum absolute atomic E-state index is 0.0789. The number of hydrogen-bond acceptors (Lipinski definition) is 10. The van der Waals surface area contributed by atoms with Crippen molar-refractivity contribution < 1.29 is 48.1 Å². The highest BCUT2D eigenvalue weighted by Crippen LogP contribution is 2.58. The minimum Gasteiger partial charge on any atom is -0.457 e. The standard InChI is InChI=1S/C48H54Br2O10/c1-5-9-25-29-13-30-26(10-6-2)35-16-36-28(12-8-4)32-14-31-27(11-7-3)34-15-33(25)45-39(19-51)46(34)58-23-55-43(31)38(18-50)44(32)56-24-60-48(36)40(20-52)47(35)59-22-54-42(30)37(17-49)41(29)53-21-57-45/h13-16,25-28,51-52H,5-12,17-24H2,1-4H3. The zero-order chi connectivity index (χ0) is 41.7. The molecule has 8 bridgehead atoms. The van der Waals surface area contributed by atoms with E-state index in [9.17, 15) is 10.2 Å². The van der Waals surface area contributed by atoms with Crippen LogP contribution in [0.4, 0.5) is 0 Å². The first-order valence-corrected chi connectivity index (χ1v) is 23.8. The first-order valence-electron chi connectivity index (χ1n) is 21.6. The van der Waals surface area contributed by atoms with Crippen molar-refractivity contribution in [2.24, 2.45) is 0 Å². The number of benzene rings is 4. The fourth-order valence-corrected chi connectivity index (χ4v) is 11.6. The Labute approximate surface area is 369 Å². The fourth-order valence-electron chi connectivity index (χ4n) is 10.6. The van der Waals surface area contributed by atoms with E-state index in [0.29, 0.717) is 44.8 Å². The Morgan fingerprint density at radius 3 is 0.750 bits per heavy atom. The molecule has 4 heterocycles. The molecule has 0 fully saturated rings. The third kappa shape index (κ3) is 6.61. The molecule has 4 aromatic carbocycles. The van der Waals surface area contributed by atoms with E-state index in [-0.39, 0.29) is 64.1 Å². The fraction of sp³-hybridized carbons (Fsp3) is 0.500. The zero-order valence-corrected chi connectivity index (χ0v) is 38.0. The van der Waals surface area contributed by atoms with Crippen LogP contribution in [0.1, 0.15) is 169 Å². The summed E-state index contributed by atoms with van der Waals surface area (Å²) in [6.45, 7) is 7.92. The van der Waals surface area contributed by atoms with E-state index in [1.807, 2.05) is 0 Å². The van der Waals surface area contributed by atoms with Gasteiger partial charge in [-0.1, -0.05) is 85.2 Å². The van der Waals surface area contributed by atoms with Gasteiger partial charge in [-0.2, -0.15) is 0 Å². The second kappa shape index (κ2) is 17.5. The quantitative estimate of drug-likeness (QED) is 0.133. The van der Waals surface area contributed by atoms with Gasteiger partial charge in [-0.25, -0.2) is 0 Å². The van der Waals surface area contributed by atoms with Crippen LogP contribution in [-0.2, 0) is 23.9 Å². The van der Waals surface area contributed by atoms with Crippen molar-refractivity contribution in [3.8, 4) is 46.0 Å². The highest BCUT2D eigenvalue weighted by Gasteiger charge is 2.41. The summed E-state index contributed by atoms with van der Waals surface area (Å²) < 4.78 is 53.2. The summed E-state index contributed by atoms with van der Waals surface area (Å²) >= 11 is 7.72. The Hall–Kier alpha value is -3.84. The summed E-state index contributed by atoms with van der Waals surface area (Å²) in [5.41, 5.74) is 11.2. The first kappa shape index (κ1) is 41.5. The van der Waals surface area contributed by atoms with E-state index in [1.54, 1.807) is 0 Å². The van der Waals surface area contributed by atoms with Gasteiger partial charge in [0.05, 0.1) is 24.3 Å². The van der Waals surface area contributed by atoms with Gasteiger partial charge in [-0.15, -0.1) is 0 Å². The number of rotatable bonds is 12. The van der Waals surface area contributed by atoms with E-state index in [4.69, 9.17) is 37.9 Å². The molecule has 1 aliphatic carbocycles. The molecule has 0 radical (unpaired) electrons. The Bertz CT molecular complexity index is 1850. The van der Waals surface area contributed by atoms with Crippen molar-refractivity contribution in [3.63, 3.8) is 0 Å². The van der Waals surface area contributed by atoms with Gasteiger partial charge in [-0.05, 0) is 49.9 Å². The van der Waals surface area contributed by atoms with E-state index in [0.717, 1.165) is 130 Å². The third-order valence-electron chi connectivity index (χ3n) is 13.1. The van der Waals surface area contributed by atoms with Crippen molar-refractivity contribution in [2.45, 2.75) is 127 Å². The van der Waals surface area contributed by atoms with Crippen molar-refractivity contribution >= 4 is 31.9 Å². The molecule has 0 saturated heterocycles. The average molecular weight is 951 g/mol. The lowest BCUT2D eigenvalue weighted by Crippen LogP contribution is -2.25. The maximum absolute atomic E-state index is 11.3. The highest BCUT2D eigenvalue weighted by atomic mass is 79.9. The maximum Gasteiger partial charge on any atom is 0.230 e. The normalized spacial score (nSPS) is 20.3. The van der Waals surface area contributed by atoms with Crippen LogP contribution in [0.25, 0.3) is 0 Å². The highest BCUT2D eigenvalue weighted by molar-refractivity contribution is 9.08. The number of aliphatic hydroxyl groups is 2. The van der Waals surface area contributed by atoms with Crippen LogP contribution in [0.5, 0.6) is 46.0 Å². The SMILES string of the molecule is CCCC1c2cc3c4c(CO)c2OCOc2c1cc1c(c2CBr)OCOc2c(cc5c(c2CO)OCOc2c(cc(c(c2CBr)OCO4)C3CCC)C5CCC)C1CCC. The molecular formula is C48H54Br2O10. The Morgan fingerprint density at radius 1 is 0.383 bits per heavy atom. The molecule has 4 aromatic rings. The third-order valence-corrected chi connectivity index (χ3v) is 14.2. The number of hydrogen-bond donors (Lipinski definition) is 2. The van der Waals surface area contributed by atoms with Crippen molar-refractivity contribution in [2.75, 3.05) is 27.2 Å². The molecule has 5 aliphatic rings. The molecule has 9 rings (SSSR count). The van der Waals surface area contributed by atoms with E-state index >= 15 is 0 Å². The maximum atomic E-state index is 11.3. The second-order valence-electron chi connectivity index (χ2n) is 16.3. The van der Waals surface area contributed by atoms with Crippen molar-refractivity contribution in [3.05, 3.63) is 91.0 Å². The first-order chi connectivity index (χ1) is 29.5. The summed E-state index contributed by atoms with van der Waals surface area (Å²) in [5, 5.41) is 23.6. The van der Waals surface area contributed by atoms with Crippen LogP contribution in [-0.4, -0.2) is 37.4 Å². The molecule has 4 unspecified atom stereocenters. The number of alkyl halides is 2. The largest absolute Gasteiger partial charge is 0.457 e. The molecule has 320 valence electrons. The smallest absolute Gasteiger partial charge is 0.230 e. The molecule has 0 saturated carbocycles. The second-order valence-corrected chi connectivity index (χ2v) is 17.5. The molecule has 0 amide bonds. The van der Waals surface area contributed by atoms with Gasteiger partial charge in [0.15, 0.2) is 0 Å². The van der Waals surface area contributed by atoms with Crippen LogP contribution < -0.4 is 37.9 Å². The van der Waals surface area contributed by atoms with Crippen LogP contribution in [0.3, 0.4) is 0 Å². The molecule has 60 heavy (non-hydrogen) atoms. The predicted octanol–water partition coefficient (Wildman–Crippen LogP) is 11.4. The average Bonchev–Trinajstić information content (AvgIpc) is 3.24. The molecular weight excluding hydrogens is 896 g/mol. The van der Waals surface area contributed by atoms with Gasteiger partial charge in [0.1, 0.15) is 46.0 Å². The molecule has 0 aromatic heterocycles. The molecule has 0 spiro atoms. The van der Waals surface area contributed by atoms with Gasteiger partial charge in [0.2, 0.25) is 27.2 Å². The summed E-state index contributed by atoms with van der Waals surface area (Å²) in [7, 11) is 0. The summed E-state index contributed by atoms with van der Waals surface area (Å²) in [5.74, 6) is 4.62. The molecule has 10 nitrogen and oxygen atoms in total. The van der Waals surface area contributed by atoms with Crippen LogP contribution in [0.2, 0.25) is 0 Å². The Morgan fingerprint density at radius 2 is 0.583 bits per heavy atom. The lowest BCUT2D eigenvalue weighted by molar-refractivity contribution is 0.0917. The molecule has 12 heteroatoms. The van der Waals surface area contributed by atoms with Crippen LogP contribution in [0.15, 0.2) is 24.3 Å². The molecule has 4 aliphatic heterocycles. The molecule has 4 atom stereocenters. The lowest BCUT2D eigenvalue weighted by Gasteiger charge is -2.37. The summed E-state index contributed by atoms with van der Waals surface area (Å²) in [4.78, 5) is 0. The van der Waals surface area contributed by atoms with Crippen LogP contribution >= 0.6 is 31.9 Å². The van der Waals surface area contributed by atoms with Crippen LogP contribution in [0, 0.1) is 0 Å². The number of aliphatic hydroxyl groups excluding tert-OH is 2. The van der Waals surface area contributed by atoms with E-state index in [1.165, 1.54) is 0 Å². The van der Waals surface area contributed by atoms with Crippen molar-refractivity contribution in [1.82, 2.24) is 0 Å². The zero-order valence-electron chi connectivity index (χ0n) is 34.8. The monoisotopic (exact) mass is 948 g/mol. The lowest BCUT2D eigenvalue weighted by atomic mass is 9.74. The van der Waals surface area contributed by atoms with Gasteiger partial charge in [-0.3, -0.25) is 0 Å². The minimum atomic E-state index is -0.289. The summed E-state index contributed by atoms with van der Waals surface area (Å²) in [6.07, 6.45) is 6.74. The Kier molecular flexibility index (Phi) is 12.1. The van der Waals surface area contributed by atoms with Gasteiger partial charge in [0, 0.05) is 90.0 Å². The number of halogens is 2. The summed E-state index contributed by atoms with van der Waals surface area (Å²) in [6, 6.07) is 9.20. The van der Waals surface area contributed by atoms with E-state index < -0.39 is 0 Å². The Balaban J connectivity index is 1.50. The van der Waals surface area contributed by atoms with Crippen molar-refractivity contribution in [1.29, 1.82) is 0 Å². The topological polar surface area (TPSA) is 114 Å². The van der Waals surface area contributed by atoms with Gasteiger partial charge in [0.25, 0.3) is 0 Å². The van der Waals surface area contributed by atoms with Gasteiger partial charge < -0.3 is 48.1 Å². The predicted molar refractivity (Wildman–Crippen MR) is 234 cm³/mol. The van der Waals surface area contributed by atoms with Gasteiger partial charge >= 0.3 is 0 Å². The molecule has 2 N–H and O–H groups in total. The number of ether oxygens (including phenoxy) is 8.